The smallest absolute Gasteiger partial charge is 0.219 e. The molecule has 0 amide bonds. The molecule has 11 heteroatoms. The number of pyridine rings is 1. The first-order valence-electron chi connectivity index (χ1n) is 12.1. The summed E-state index contributed by atoms with van der Waals surface area (Å²) in [5, 5.41) is 5.23. The first kappa shape index (κ1) is 26.2. The minimum absolute atomic E-state index is 0.00173. The lowest BCUT2D eigenvalue weighted by molar-refractivity contribution is 0.103. The molecule has 3 aromatic heterocycles. The van der Waals surface area contributed by atoms with Crippen LogP contribution in [-0.4, -0.2) is 38.3 Å². The zero-order valence-corrected chi connectivity index (χ0v) is 22.6. The first-order chi connectivity index (χ1) is 18.7. The fraction of sp³-hybridized carbons (Fsp3) is 0.179. The van der Waals surface area contributed by atoms with Gasteiger partial charge >= 0.3 is 0 Å². The molecule has 0 radical (unpaired) electrons. The summed E-state index contributed by atoms with van der Waals surface area (Å²) < 4.78 is 36.8. The number of aromatic nitrogens is 4. The molecule has 8 nitrogen and oxygen atoms in total. The Labute approximate surface area is 227 Å². The van der Waals surface area contributed by atoms with Crippen molar-refractivity contribution in [3.63, 3.8) is 0 Å². The number of aryl methyl sites for hydroxylation is 2. The van der Waals surface area contributed by atoms with Gasteiger partial charge in [-0.05, 0) is 62.2 Å². The number of nitrogen functional groups attached to an aromatic ring is 1. The van der Waals surface area contributed by atoms with Crippen LogP contribution in [0.2, 0.25) is 0 Å². The van der Waals surface area contributed by atoms with Crippen LogP contribution in [0.5, 0.6) is 11.6 Å². The average Bonchev–Trinajstić information content (AvgIpc) is 3.50. The van der Waals surface area contributed by atoms with Crippen LogP contribution in [-0.2, 0) is 0 Å². The van der Waals surface area contributed by atoms with Gasteiger partial charge < -0.3 is 19.8 Å². The molecule has 3 heterocycles. The van der Waals surface area contributed by atoms with Gasteiger partial charge in [-0.15, -0.1) is 0 Å². The van der Waals surface area contributed by atoms with Crippen LogP contribution < -0.4 is 14.8 Å². The third kappa shape index (κ3) is 4.81. The Kier molecular flexibility index (Phi) is 7.00. The molecule has 39 heavy (non-hydrogen) atoms. The molecular formula is C28H26F2N6O2S. The van der Waals surface area contributed by atoms with Gasteiger partial charge in [-0.1, -0.05) is 18.0 Å². The number of ether oxygens (including phenoxy) is 1. The van der Waals surface area contributed by atoms with E-state index in [2.05, 4.69) is 32.4 Å². The average molecular weight is 549 g/mol. The monoisotopic (exact) mass is 548 g/mol. The van der Waals surface area contributed by atoms with Crippen molar-refractivity contribution in [2.75, 3.05) is 22.8 Å². The van der Waals surface area contributed by atoms with Crippen LogP contribution in [0.4, 0.5) is 20.3 Å². The number of aromatic amines is 1. The lowest BCUT2D eigenvalue weighted by Crippen LogP contribution is -2.13. The number of H-pyrrole nitrogens is 1. The third-order valence-electron chi connectivity index (χ3n) is 6.42. The van der Waals surface area contributed by atoms with Gasteiger partial charge in [0.1, 0.15) is 5.82 Å². The highest BCUT2D eigenvalue weighted by atomic mass is 32.2. The largest absolute Gasteiger partial charge is 0.433 e. The summed E-state index contributed by atoms with van der Waals surface area (Å²) in [5.41, 5.74) is 11.1. The number of carbonyl (C=O) groups excluding carboxylic acids is 1. The summed E-state index contributed by atoms with van der Waals surface area (Å²) in [6, 6.07) is 10.9. The van der Waals surface area contributed by atoms with E-state index in [-0.39, 0.29) is 23.0 Å². The number of nitrogens with zero attached hydrogens (tertiary/aromatic N) is 4. The number of ketones is 1. The SMILES string of the molecule is CCN(SC)c1cc2[nH]c(C(=O)c3cnn(-c4cnc(Oc5c(F)cccc5F)cc4C)c3N)cc2cc1C. The molecule has 3 N–H and O–H groups in total. The van der Waals surface area contributed by atoms with Crippen molar-refractivity contribution >= 4 is 40.1 Å². The second kappa shape index (κ2) is 10.4. The zero-order chi connectivity index (χ0) is 27.8. The van der Waals surface area contributed by atoms with Gasteiger partial charge in [-0.2, -0.15) is 5.10 Å². The second-order valence-corrected chi connectivity index (χ2v) is 9.74. The summed E-state index contributed by atoms with van der Waals surface area (Å²) in [5.74, 6) is -2.39. The van der Waals surface area contributed by atoms with E-state index >= 15 is 0 Å². The van der Waals surface area contributed by atoms with E-state index in [1.165, 1.54) is 29.2 Å². The highest BCUT2D eigenvalue weighted by Gasteiger charge is 2.22. The van der Waals surface area contributed by atoms with Crippen LogP contribution in [0.15, 0.2) is 54.9 Å². The number of rotatable bonds is 8. The standard InChI is InChI=1S/C28H26F2N6O2S/c1-5-35(39-4)23-12-21-17(9-15(23)2)11-22(34-21)26(37)18-13-33-36(28(18)31)24-14-32-25(10-16(24)3)38-27-19(29)7-6-8-20(27)30/h6-14,34H,5,31H2,1-4H3. The normalized spacial score (nSPS) is 11.2. The number of anilines is 2. The van der Waals surface area contributed by atoms with Crippen LogP contribution in [0.25, 0.3) is 16.6 Å². The van der Waals surface area contributed by atoms with Gasteiger partial charge in [-0.25, -0.2) is 18.4 Å². The summed E-state index contributed by atoms with van der Waals surface area (Å²) in [4.78, 5) is 20.8. The number of carbonyl (C=O) groups is 1. The maximum atomic E-state index is 14.0. The minimum atomic E-state index is -0.840. The Morgan fingerprint density at radius 2 is 1.87 bits per heavy atom. The number of hydrogen-bond acceptors (Lipinski definition) is 7. The van der Waals surface area contributed by atoms with E-state index in [0.29, 0.717) is 16.9 Å². The van der Waals surface area contributed by atoms with Gasteiger partial charge in [0.2, 0.25) is 17.4 Å². The summed E-state index contributed by atoms with van der Waals surface area (Å²) in [6.45, 7) is 6.72. The van der Waals surface area contributed by atoms with Gasteiger partial charge in [0.25, 0.3) is 0 Å². The predicted molar refractivity (Wildman–Crippen MR) is 150 cm³/mol. The fourth-order valence-electron chi connectivity index (χ4n) is 4.43. The summed E-state index contributed by atoms with van der Waals surface area (Å²) in [6.07, 6.45) is 4.85. The molecule has 5 rings (SSSR count). The topological polar surface area (TPSA) is 102 Å². The van der Waals surface area contributed by atoms with Gasteiger partial charge in [-0.3, -0.25) is 4.79 Å². The predicted octanol–water partition coefficient (Wildman–Crippen LogP) is 6.35. The Morgan fingerprint density at radius 3 is 2.54 bits per heavy atom. The van der Waals surface area contributed by atoms with Crippen LogP contribution in [0.1, 0.15) is 34.1 Å². The molecular weight excluding hydrogens is 522 g/mol. The number of para-hydroxylation sites is 1. The minimum Gasteiger partial charge on any atom is -0.433 e. The van der Waals surface area contributed by atoms with Crippen molar-refractivity contribution in [1.82, 2.24) is 19.7 Å². The molecule has 0 bridgehead atoms. The van der Waals surface area contributed by atoms with E-state index in [1.807, 2.05) is 19.2 Å². The molecule has 0 aliphatic heterocycles. The second-order valence-electron chi connectivity index (χ2n) is 8.93. The number of nitrogens with one attached hydrogen (secondary N) is 1. The van der Waals surface area contributed by atoms with Crippen molar-refractivity contribution in [2.24, 2.45) is 0 Å². The quantitative estimate of drug-likeness (QED) is 0.172. The van der Waals surface area contributed by atoms with E-state index in [0.717, 1.165) is 40.8 Å². The van der Waals surface area contributed by atoms with Gasteiger partial charge in [0.05, 0.1) is 35.0 Å². The molecule has 2 aromatic carbocycles. The molecule has 0 aliphatic rings. The Balaban J connectivity index is 1.43. The molecule has 0 spiro atoms. The van der Waals surface area contributed by atoms with E-state index < -0.39 is 17.4 Å². The number of hydrogen-bond donors (Lipinski definition) is 2. The Bertz CT molecular complexity index is 1690. The molecule has 0 aliphatic carbocycles. The van der Waals surface area contributed by atoms with Crippen molar-refractivity contribution < 1.29 is 18.3 Å². The van der Waals surface area contributed by atoms with Crippen LogP contribution in [0.3, 0.4) is 0 Å². The Hall–Kier alpha value is -4.38. The molecule has 0 atom stereocenters. The molecule has 0 unspecified atom stereocenters. The van der Waals surface area contributed by atoms with E-state index in [9.17, 15) is 13.6 Å². The van der Waals surface area contributed by atoms with Crippen molar-refractivity contribution in [1.29, 1.82) is 0 Å². The van der Waals surface area contributed by atoms with Gasteiger partial charge in [0, 0.05) is 29.8 Å². The molecule has 5 aromatic rings. The van der Waals surface area contributed by atoms with E-state index in [1.54, 1.807) is 24.9 Å². The molecule has 0 saturated heterocycles. The highest BCUT2D eigenvalue weighted by Crippen LogP contribution is 2.32. The number of benzene rings is 2. The molecule has 200 valence electrons. The van der Waals surface area contributed by atoms with Crippen LogP contribution in [0, 0.1) is 25.5 Å². The third-order valence-corrected chi connectivity index (χ3v) is 7.32. The maximum Gasteiger partial charge on any atom is 0.219 e. The van der Waals surface area contributed by atoms with Crippen molar-refractivity contribution in [3.05, 3.63) is 88.9 Å². The van der Waals surface area contributed by atoms with E-state index in [4.69, 9.17) is 10.5 Å². The Morgan fingerprint density at radius 1 is 1.13 bits per heavy atom. The van der Waals surface area contributed by atoms with Gasteiger partial charge in [0.15, 0.2) is 11.6 Å². The lowest BCUT2D eigenvalue weighted by atomic mass is 10.1. The van der Waals surface area contributed by atoms with Crippen molar-refractivity contribution in [3.8, 4) is 17.3 Å². The molecule has 0 fully saturated rings. The zero-order valence-electron chi connectivity index (χ0n) is 21.8. The molecule has 0 saturated carbocycles. The highest BCUT2D eigenvalue weighted by molar-refractivity contribution is 7.99. The number of nitrogens with two attached hydrogens (primary N) is 1. The fourth-order valence-corrected chi connectivity index (χ4v) is 5.08. The van der Waals surface area contributed by atoms with Crippen LogP contribution >= 0.6 is 11.9 Å². The maximum absolute atomic E-state index is 14.0. The summed E-state index contributed by atoms with van der Waals surface area (Å²) in [7, 11) is 0. The summed E-state index contributed by atoms with van der Waals surface area (Å²) >= 11 is 1.64. The number of fused-ring (bicyclic) bond motifs is 1. The lowest BCUT2D eigenvalue weighted by Gasteiger charge is -2.21. The number of halogens is 2. The first-order valence-corrected chi connectivity index (χ1v) is 13.3. The van der Waals surface area contributed by atoms with Crippen molar-refractivity contribution in [2.45, 2.75) is 20.8 Å².